The Balaban J connectivity index is 1.63. The van der Waals surface area contributed by atoms with Crippen LogP contribution in [-0.4, -0.2) is 41.9 Å². The minimum absolute atomic E-state index is 0.233. The molecule has 1 saturated heterocycles. The third-order valence-corrected chi connectivity index (χ3v) is 4.60. The predicted molar refractivity (Wildman–Crippen MR) is 94.9 cm³/mol. The van der Waals surface area contributed by atoms with Gasteiger partial charge in [-0.3, -0.25) is 0 Å². The summed E-state index contributed by atoms with van der Waals surface area (Å²) in [5.74, 6) is -1.22. The Kier molecular flexibility index (Phi) is 6.00. The Hall–Kier alpha value is -2.25. The van der Waals surface area contributed by atoms with Crippen LogP contribution >= 0.6 is 15.9 Å². The smallest absolute Gasteiger partial charge is 0.338 e. The van der Waals surface area contributed by atoms with Crippen molar-refractivity contribution in [1.82, 2.24) is 0 Å². The molecule has 0 saturated carbocycles. The molecule has 4 atom stereocenters. The van der Waals surface area contributed by atoms with Gasteiger partial charge in [0, 0.05) is 0 Å². The quantitative estimate of drug-likeness (QED) is 0.544. The fourth-order valence-corrected chi connectivity index (χ4v) is 3.11. The second-order valence-corrected chi connectivity index (χ2v) is 6.57. The molecule has 1 heterocycles. The van der Waals surface area contributed by atoms with Gasteiger partial charge in [-0.2, -0.15) is 0 Å². The minimum Gasteiger partial charge on any atom is -0.459 e. The molecule has 0 N–H and O–H groups in total. The van der Waals surface area contributed by atoms with E-state index in [9.17, 15) is 14.0 Å². The minimum atomic E-state index is -1.58. The first-order valence-electron chi connectivity index (χ1n) is 7.98. The summed E-state index contributed by atoms with van der Waals surface area (Å²) in [4.78, 5) is 24.2. The number of alkyl halides is 2. The van der Waals surface area contributed by atoms with E-state index in [4.69, 9.17) is 14.2 Å². The summed E-state index contributed by atoms with van der Waals surface area (Å²) in [5.41, 5.74) is 0.674. The van der Waals surface area contributed by atoms with Gasteiger partial charge in [0.2, 0.25) is 0 Å². The SMILES string of the molecule is O=C(OC[C@H]1O[C@@H](Br)[C@@H](F)C1OC(=O)c1ccccc1)c1ccccc1. The topological polar surface area (TPSA) is 61.8 Å². The highest BCUT2D eigenvalue weighted by Gasteiger charge is 2.47. The van der Waals surface area contributed by atoms with Crippen molar-refractivity contribution in [3.05, 3.63) is 71.8 Å². The lowest BCUT2D eigenvalue weighted by atomic mass is 10.1. The molecule has 136 valence electrons. The lowest BCUT2D eigenvalue weighted by Crippen LogP contribution is -2.37. The maximum absolute atomic E-state index is 14.4. The standard InChI is InChI=1S/C19H16BrFO5/c20-17-15(21)16(26-19(23)13-9-5-2-6-10-13)14(25-17)11-24-18(22)12-7-3-1-4-8-12/h1-10,14-17H,11H2/t14-,15+,16?,17-/m1/s1. The van der Waals surface area contributed by atoms with Crippen LogP contribution in [0.1, 0.15) is 20.7 Å². The molecule has 0 bridgehead atoms. The van der Waals surface area contributed by atoms with Crippen molar-refractivity contribution in [1.29, 1.82) is 0 Å². The van der Waals surface area contributed by atoms with Crippen LogP contribution in [0.2, 0.25) is 0 Å². The fourth-order valence-electron chi connectivity index (χ4n) is 2.53. The predicted octanol–water partition coefficient (Wildman–Crippen LogP) is 3.53. The lowest BCUT2D eigenvalue weighted by Gasteiger charge is -2.19. The van der Waals surface area contributed by atoms with Gasteiger partial charge in [0.25, 0.3) is 0 Å². The van der Waals surface area contributed by atoms with E-state index in [1.807, 2.05) is 0 Å². The zero-order valence-corrected chi connectivity index (χ0v) is 15.2. The van der Waals surface area contributed by atoms with Crippen LogP contribution in [0.15, 0.2) is 60.7 Å². The zero-order chi connectivity index (χ0) is 18.5. The highest BCUT2D eigenvalue weighted by atomic mass is 79.9. The van der Waals surface area contributed by atoms with Gasteiger partial charge in [-0.05, 0) is 24.3 Å². The third-order valence-electron chi connectivity index (χ3n) is 3.88. The van der Waals surface area contributed by atoms with Crippen molar-refractivity contribution in [2.45, 2.75) is 23.4 Å². The molecule has 7 heteroatoms. The highest BCUT2D eigenvalue weighted by molar-refractivity contribution is 9.09. The number of rotatable bonds is 5. The first kappa shape index (κ1) is 18.5. The highest BCUT2D eigenvalue weighted by Crippen LogP contribution is 2.31. The van der Waals surface area contributed by atoms with Gasteiger partial charge in [-0.15, -0.1) is 0 Å². The molecule has 0 aromatic heterocycles. The van der Waals surface area contributed by atoms with E-state index in [0.29, 0.717) is 11.1 Å². The molecule has 1 unspecified atom stereocenters. The molecule has 1 aliphatic rings. The molecule has 1 fully saturated rings. The molecule has 26 heavy (non-hydrogen) atoms. The van der Waals surface area contributed by atoms with Crippen molar-refractivity contribution >= 4 is 27.9 Å². The zero-order valence-electron chi connectivity index (χ0n) is 13.6. The van der Waals surface area contributed by atoms with Crippen LogP contribution in [0.3, 0.4) is 0 Å². The van der Waals surface area contributed by atoms with Crippen LogP contribution in [-0.2, 0) is 14.2 Å². The van der Waals surface area contributed by atoms with Gasteiger partial charge in [-0.25, -0.2) is 14.0 Å². The number of benzene rings is 2. The molecule has 0 aliphatic carbocycles. The van der Waals surface area contributed by atoms with E-state index >= 15 is 0 Å². The second kappa shape index (κ2) is 8.42. The van der Waals surface area contributed by atoms with Gasteiger partial charge in [0.15, 0.2) is 12.3 Å². The Bertz CT molecular complexity index is 755. The third kappa shape index (κ3) is 4.28. The fraction of sp³-hybridized carbons (Fsp3) is 0.263. The molecule has 1 aliphatic heterocycles. The van der Waals surface area contributed by atoms with Gasteiger partial charge in [0.1, 0.15) is 17.7 Å². The maximum Gasteiger partial charge on any atom is 0.338 e. The molecule has 0 spiro atoms. The summed E-state index contributed by atoms with van der Waals surface area (Å²) >= 11 is 3.05. The number of carbonyl (C=O) groups is 2. The van der Waals surface area contributed by atoms with Gasteiger partial charge < -0.3 is 14.2 Å². The normalized spacial score (nSPS) is 24.8. The largest absolute Gasteiger partial charge is 0.459 e. The maximum atomic E-state index is 14.4. The average Bonchev–Trinajstić information content (AvgIpc) is 2.95. The monoisotopic (exact) mass is 422 g/mol. The summed E-state index contributed by atoms with van der Waals surface area (Å²) in [6.45, 7) is -0.233. The van der Waals surface area contributed by atoms with Crippen molar-refractivity contribution in [3.63, 3.8) is 0 Å². The van der Waals surface area contributed by atoms with Crippen LogP contribution in [0.4, 0.5) is 4.39 Å². The van der Waals surface area contributed by atoms with Crippen molar-refractivity contribution in [3.8, 4) is 0 Å². The van der Waals surface area contributed by atoms with Crippen molar-refractivity contribution in [2.24, 2.45) is 0 Å². The molecule has 2 aromatic rings. The Morgan fingerprint density at radius 2 is 1.50 bits per heavy atom. The Morgan fingerprint density at radius 1 is 0.962 bits per heavy atom. The molecule has 3 rings (SSSR count). The summed E-state index contributed by atoms with van der Waals surface area (Å²) in [5, 5.41) is -0.948. The molecular weight excluding hydrogens is 407 g/mol. The van der Waals surface area contributed by atoms with E-state index in [2.05, 4.69) is 15.9 Å². The number of ether oxygens (including phenoxy) is 3. The molecular formula is C19H16BrFO5. The number of carbonyl (C=O) groups excluding carboxylic acids is 2. The number of hydrogen-bond donors (Lipinski definition) is 0. The summed E-state index contributed by atoms with van der Waals surface area (Å²) in [6, 6.07) is 16.7. The van der Waals surface area contributed by atoms with Crippen LogP contribution < -0.4 is 0 Å². The van der Waals surface area contributed by atoms with Crippen LogP contribution in [0, 0.1) is 0 Å². The summed E-state index contributed by atoms with van der Waals surface area (Å²) < 4.78 is 30.2. The molecule has 0 amide bonds. The van der Waals surface area contributed by atoms with Gasteiger partial charge in [0.05, 0.1) is 11.1 Å². The first-order valence-corrected chi connectivity index (χ1v) is 8.89. The summed E-state index contributed by atoms with van der Waals surface area (Å²) in [7, 11) is 0. The van der Waals surface area contributed by atoms with E-state index in [-0.39, 0.29) is 6.61 Å². The molecule has 2 aromatic carbocycles. The van der Waals surface area contributed by atoms with E-state index in [1.54, 1.807) is 60.7 Å². The first-order chi connectivity index (χ1) is 12.6. The van der Waals surface area contributed by atoms with E-state index < -0.39 is 35.3 Å². The lowest BCUT2D eigenvalue weighted by molar-refractivity contribution is -0.0342. The second-order valence-electron chi connectivity index (χ2n) is 5.67. The van der Waals surface area contributed by atoms with Gasteiger partial charge in [-0.1, -0.05) is 52.3 Å². The van der Waals surface area contributed by atoms with Crippen molar-refractivity contribution in [2.75, 3.05) is 6.61 Å². The Morgan fingerprint density at radius 3 is 2.08 bits per heavy atom. The van der Waals surface area contributed by atoms with Gasteiger partial charge >= 0.3 is 11.9 Å². The molecule has 5 nitrogen and oxygen atoms in total. The van der Waals surface area contributed by atoms with Crippen LogP contribution in [0.5, 0.6) is 0 Å². The summed E-state index contributed by atoms with van der Waals surface area (Å²) in [6.07, 6.45) is -3.67. The number of halogens is 2. The average molecular weight is 423 g/mol. The number of esters is 2. The van der Waals surface area contributed by atoms with E-state index in [1.165, 1.54) is 0 Å². The van der Waals surface area contributed by atoms with Crippen LogP contribution in [0.25, 0.3) is 0 Å². The molecule has 0 radical (unpaired) electrons. The van der Waals surface area contributed by atoms with Crippen molar-refractivity contribution < 1.29 is 28.2 Å². The van der Waals surface area contributed by atoms with E-state index in [0.717, 1.165) is 0 Å². The Labute approximate surface area is 158 Å². The number of hydrogen-bond acceptors (Lipinski definition) is 5.